The summed E-state index contributed by atoms with van der Waals surface area (Å²) < 4.78 is 13.8. The first-order valence-corrected chi connectivity index (χ1v) is 7.95. The lowest BCUT2D eigenvalue weighted by molar-refractivity contribution is 0.0802. The van der Waals surface area contributed by atoms with Crippen LogP contribution in [-0.4, -0.2) is 49.1 Å². The zero-order chi connectivity index (χ0) is 15.4. The van der Waals surface area contributed by atoms with Gasteiger partial charge in [0.1, 0.15) is 5.82 Å². The van der Waals surface area contributed by atoms with Gasteiger partial charge < -0.3 is 15.5 Å². The standard InChI is InChI=1S/C17H28FN3/c1-4-14-12-21(10-9-20(14)3)11-13(2)17(19)15-7-5-6-8-16(15)18/h5-8,13-14,17H,4,9-12,19H2,1-3H3. The van der Waals surface area contributed by atoms with Crippen LogP contribution < -0.4 is 5.73 Å². The molecule has 1 heterocycles. The molecule has 1 aromatic carbocycles. The minimum absolute atomic E-state index is 0.193. The molecule has 0 aromatic heterocycles. The summed E-state index contributed by atoms with van der Waals surface area (Å²) >= 11 is 0. The zero-order valence-electron chi connectivity index (χ0n) is 13.4. The molecular weight excluding hydrogens is 265 g/mol. The van der Waals surface area contributed by atoms with Gasteiger partial charge in [-0.25, -0.2) is 4.39 Å². The van der Waals surface area contributed by atoms with Crippen molar-refractivity contribution < 1.29 is 4.39 Å². The van der Waals surface area contributed by atoms with E-state index in [1.54, 1.807) is 12.1 Å². The van der Waals surface area contributed by atoms with Gasteiger partial charge in [0.15, 0.2) is 0 Å². The number of halogens is 1. The van der Waals surface area contributed by atoms with Gasteiger partial charge in [-0.05, 0) is 25.5 Å². The molecule has 1 aliphatic heterocycles. The Hall–Kier alpha value is -0.970. The maximum Gasteiger partial charge on any atom is 0.127 e. The van der Waals surface area contributed by atoms with E-state index < -0.39 is 0 Å². The highest BCUT2D eigenvalue weighted by molar-refractivity contribution is 5.21. The lowest BCUT2D eigenvalue weighted by Gasteiger charge is -2.40. The molecule has 1 saturated heterocycles. The quantitative estimate of drug-likeness (QED) is 0.905. The molecule has 3 nitrogen and oxygen atoms in total. The molecule has 1 fully saturated rings. The van der Waals surface area contributed by atoms with Crippen molar-refractivity contribution in [3.63, 3.8) is 0 Å². The van der Waals surface area contributed by atoms with Gasteiger partial charge in [-0.15, -0.1) is 0 Å². The average Bonchev–Trinajstić information content (AvgIpc) is 2.49. The summed E-state index contributed by atoms with van der Waals surface area (Å²) in [5.41, 5.74) is 6.90. The second kappa shape index (κ2) is 7.34. The SMILES string of the molecule is CCC1CN(CC(C)C(N)c2ccccc2F)CCN1C. The van der Waals surface area contributed by atoms with E-state index in [4.69, 9.17) is 5.73 Å². The van der Waals surface area contributed by atoms with E-state index >= 15 is 0 Å². The molecule has 0 radical (unpaired) electrons. The molecule has 3 unspecified atom stereocenters. The summed E-state index contributed by atoms with van der Waals surface area (Å²) in [4.78, 5) is 4.90. The maximum absolute atomic E-state index is 13.8. The molecule has 3 atom stereocenters. The maximum atomic E-state index is 13.8. The first kappa shape index (κ1) is 16.4. The fourth-order valence-corrected chi connectivity index (χ4v) is 3.19. The van der Waals surface area contributed by atoms with E-state index in [2.05, 4.69) is 30.7 Å². The van der Waals surface area contributed by atoms with Crippen LogP contribution in [0.2, 0.25) is 0 Å². The minimum Gasteiger partial charge on any atom is -0.324 e. The molecule has 2 N–H and O–H groups in total. The van der Waals surface area contributed by atoms with Gasteiger partial charge in [-0.2, -0.15) is 0 Å². The molecule has 2 rings (SSSR count). The molecule has 4 heteroatoms. The number of likely N-dealkylation sites (N-methyl/N-ethyl adjacent to an activating group) is 1. The van der Waals surface area contributed by atoms with E-state index in [-0.39, 0.29) is 17.8 Å². The van der Waals surface area contributed by atoms with Crippen molar-refractivity contribution in [1.29, 1.82) is 0 Å². The van der Waals surface area contributed by atoms with Gasteiger partial charge in [0, 0.05) is 43.8 Å². The molecular formula is C17H28FN3. The lowest BCUT2D eigenvalue weighted by atomic mass is 9.94. The number of piperazine rings is 1. The number of rotatable bonds is 5. The van der Waals surface area contributed by atoms with Gasteiger partial charge in [-0.1, -0.05) is 32.0 Å². The molecule has 1 aliphatic rings. The van der Waals surface area contributed by atoms with Crippen LogP contribution in [0.5, 0.6) is 0 Å². The van der Waals surface area contributed by atoms with E-state index in [0.29, 0.717) is 11.6 Å². The first-order valence-electron chi connectivity index (χ1n) is 7.95. The highest BCUT2D eigenvalue weighted by atomic mass is 19.1. The minimum atomic E-state index is -0.245. The van der Waals surface area contributed by atoms with E-state index in [0.717, 1.165) is 26.2 Å². The number of nitrogens with two attached hydrogens (primary N) is 1. The molecule has 0 saturated carbocycles. The Morgan fingerprint density at radius 1 is 1.33 bits per heavy atom. The largest absolute Gasteiger partial charge is 0.324 e. The Kier molecular flexibility index (Phi) is 5.73. The van der Waals surface area contributed by atoms with Gasteiger partial charge in [-0.3, -0.25) is 0 Å². The highest BCUT2D eigenvalue weighted by Crippen LogP contribution is 2.23. The predicted octanol–water partition coefficient (Wildman–Crippen LogP) is 2.49. The molecule has 0 aliphatic carbocycles. The van der Waals surface area contributed by atoms with Gasteiger partial charge in [0.05, 0.1) is 0 Å². The molecule has 1 aromatic rings. The summed E-state index contributed by atoms with van der Waals surface area (Å²) in [6, 6.07) is 7.23. The number of nitrogens with zero attached hydrogens (tertiary/aromatic N) is 2. The van der Waals surface area contributed by atoms with Crippen LogP contribution in [0, 0.1) is 11.7 Å². The Labute approximate surface area is 127 Å². The van der Waals surface area contributed by atoms with Crippen LogP contribution in [0.1, 0.15) is 31.9 Å². The molecule has 0 bridgehead atoms. The van der Waals surface area contributed by atoms with Crippen molar-refractivity contribution in [3.8, 4) is 0 Å². The Bertz CT molecular complexity index is 451. The normalized spacial score (nSPS) is 24.0. The fraction of sp³-hybridized carbons (Fsp3) is 0.647. The monoisotopic (exact) mass is 293 g/mol. The number of benzene rings is 1. The van der Waals surface area contributed by atoms with Crippen LogP contribution >= 0.6 is 0 Å². The Balaban J connectivity index is 1.95. The first-order chi connectivity index (χ1) is 10.0. The van der Waals surface area contributed by atoms with Crippen LogP contribution in [0.25, 0.3) is 0 Å². The van der Waals surface area contributed by atoms with Crippen molar-refractivity contribution in [2.45, 2.75) is 32.4 Å². The van der Waals surface area contributed by atoms with Crippen molar-refractivity contribution in [2.24, 2.45) is 11.7 Å². The summed E-state index contributed by atoms with van der Waals surface area (Å²) in [7, 11) is 2.19. The fourth-order valence-electron chi connectivity index (χ4n) is 3.19. The molecule has 0 spiro atoms. The molecule has 21 heavy (non-hydrogen) atoms. The van der Waals surface area contributed by atoms with Gasteiger partial charge in [0.2, 0.25) is 0 Å². The van der Waals surface area contributed by atoms with Crippen molar-refractivity contribution in [3.05, 3.63) is 35.6 Å². The second-order valence-electron chi connectivity index (χ2n) is 6.33. The van der Waals surface area contributed by atoms with E-state index in [1.807, 2.05) is 6.07 Å². The van der Waals surface area contributed by atoms with Gasteiger partial charge in [0.25, 0.3) is 0 Å². The smallest absolute Gasteiger partial charge is 0.127 e. The topological polar surface area (TPSA) is 32.5 Å². The van der Waals surface area contributed by atoms with Crippen LogP contribution in [0.4, 0.5) is 4.39 Å². The molecule has 118 valence electrons. The lowest BCUT2D eigenvalue weighted by Crippen LogP contribution is -2.52. The van der Waals surface area contributed by atoms with Crippen LogP contribution in [-0.2, 0) is 0 Å². The van der Waals surface area contributed by atoms with Crippen molar-refractivity contribution >= 4 is 0 Å². The predicted molar refractivity (Wildman–Crippen MR) is 85.6 cm³/mol. The van der Waals surface area contributed by atoms with Crippen LogP contribution in [0.15, 0.2) is 24.3 Å². The summed E-state index contributed by atoms with van der Waals surface area (Å²) in [5, 5.41) is 0. The number of hydrogen-bond donors (Lipinski definition) is 1. The van der Waals surface area contributed by atoms with Gasteiger partial charge >= 0.3 is 0 Å². The second-order valence-corrected chi connectivity index (χ2v) is 6.33. The Morgan fingerprint density at radius 2 is 2.05 bits per heavy atom. The third kappa shape index (κ3) is 4.02. The van der Waals surface area contributed by atoms with Crippen molar-refractivity contribution in [1.82, 2.24) is 9.80 Å². The summed E-state index contributed by atoms with van der Waals surface area (Å²) in [6.45, 7) is 8.54. The molecule has 0 amide bonds. The summed E-state index contributed by atoms with van der Waals surface area (Å²) in [6.07, 6.45) is 1.17. The van der Waals surface area contributed by atoms with Crippen LogP contribution in [0.3, 0.4) is 0 Å². The highest BCUT2D eigenvalue weighted by Gasteiger charge is 2.26. The Morgan fingerprint density at radius 3 is 2.71 bits per heavy atom. The third-order valence-electron chi connectivity index (χ3n) is 4.76. The van der Waals surface area contributed by atoms with E-state index in [1.165, 1.54) is 12.5 Å². The third-order valence-corrected chi connectivity index (χ3v) is 4.76. The zero-order valence-corrected chi connectivity index (χ0v) is 13.4. The number of hydrogen-bond acceptors (Lipinski definition) is 3. The van der Waals surface area contributed by atoms with E-state index in [9.17, 15) is 4.39 Å². The van der Waals surface area contributed by atoms with Crippen molar-refractivity contribution in [2.75, 3.05) is 33.2 Å². The average molecular weight is 293 g/mol. The summed E-state index contributed by atoms with van der Waals surface area (Å²) in [5.74, 6) is 0.0458.